The molecule has 4 rings (SSSR count). The molecule has 0 aliphatic carbocycles. The third-order valence-electron chi connectivity index (χ3n) is 4.97. The summed E-state index contributed by atoms with van der Waals surface area (Å²) in [5, 5.41) is 3.21. The SMILES string of the molecule is O=C(Nc1ccc(S(=O)(=O)Nc2cc(Cl)cc(Cl)c2)cc1)c1cccc(NS(=O)(=O)c2ccccc2)c1. The standard InChI is InChI=1S/C25H19Cl2N3O5S2/c26-18-14-19(27)16-22(15-18)30-37(34,35)24-11-9-20(10-12-24)28-25(31)17-5-4-6-21(13-17)29-36(32,33)23-7-2-1-3-8-23/h1-16,29-30H,(H,28,31). The lowest BCUT2D eigenvalue weighted by Gasteiger charge is -2.11. The zero-order chi connectivity index (χ0) is 26.6. The fraction of sp³-hybridized carbons (Fsp3) is 0. The quantitative estimate of drug-likeness (QED) is 0.243. The molecular formula is C25H19Cl2N3O5S2. The minimum Gasteiger partial charge on any atom is -0.322 e. The van der Waals surface area contributed by atoms with Crippen molar-refractivity contribution >= 4 is 66.2 Å². The van der Waals surface area contributed by atoms with Gasteiger partial charge in [-0.05, 0) is 72.8 Å². The van der Waals surface area contributed by atoms with Crippen molar-refractivity contribution in [2.45, 2.75) is 9.79 Å². The van der Waals surface area contributed by atoms with Crippen LogP contribution in [0, 0.1) is 0 Å². The van der Waals surface area contributed by atoms with Crippen molar-refractivity contribution in [3.63, 3.8) is 0 Å². The van der Waals surface area contributed by atoms with Crippen LogP contribution in [-0.4, -0.2) is 22.7 Å². The van der Waals surface area contributed by atoms with Gasteiger partial charge in [-0.3, -0.25) is 14.2 Å². The largest absolute Gasteiger partial charge is 0.322 e. The van der Waals surface area contributed by atoms with E-state index in [1.165, 1.54) is 72.8 Å². The summed E-state index contributed by atoms with van der Waals surface area (Å²) in [6.45, 7) is 0. The fourth-order valence-corrected chi connectivity index (χ4v) is 5.92. The van der Waals surface area contributed by atoms with Crippen LogP contribution in [0.1, 0.15) is 10.4 Å². The first kappa shape index (κ1) is 26.5. The summed E-state index contributed by atoms with van der Waals surface area (Å²) >= 11 is 11.8. The monoisotopic (exact) mass is 575 g/mol. The number of benzene rings is 4. The molecule has 0 spiro atoms. The van der Waals surface area contributed by atoms with Crippen LogP contribution in [0.4, 0.5) is 17.1 Å². The molecule has 0 heterocycles. The highest BCUT2D eigenvalue weighted by molar-refractivity contribution is 7.93. The topological polar surface area (TPSA) is 121 Å². The normalized spacial score (nSPS) is 11.5. The minimum absolute atomic E-state index is 0.0427. The molecule has 0 saturated heterocycles. The molecule has 3 N–H and O–H groups in total. The van der Waals surface area contributed by atoms with Crippen LogP contribution >= 0.6 is 23.2 Å². The summed E-state index contributed by atoms with van der Waals surface area (Å²) in [4.78, 5) is 12.8. The van der Waals surface area contributed by atoms with Gasteiger partial charge in [-0.15, -0.1) is 0 Å². The van der Waals surface area contributed by atoms with Crippen molar-refractivity contribution in [3.05, 3.63) is 113 Å². The molecule has 8 nitrogen and oxygen atoms in total. The van der Waals surface area contributed by atoms with Gasteiger partial charge in [-0.1, -0.05) is 47.5 Å². The molecule has 0 aliphatic rings. The lowest BCUT2D eigenvalue weighted by molar-refractivity contribution is 0.102. The minimum atomic E-state index is -3.94. The zero-order valence-corrected chi connectivity index (χ0v) is 22.0. The lowest BCUT2D eigenvalue weighted by Crippen LogP contribution is -2.15. The van der Waals surface area contributed by atoms with Gasteiger partial charge in [0.15, 0.2) is 0 Å². The van der Waals surface area contributed by atoms with Crippen molar-refractivity contribution in [2.24, 2.45) is 0 Å². The number of amides is 1. The van der Waals surface area contributed by atoms with E-state index in [2.05, 4.69) is 14.8 Å². The Morgan fingerprint density at radius 3 is 1.76 bits per heavy atom. The smallest absolute Gasteiger partial charge is 0.261 e. The number of hydrogen-bond acceptors (Lipinski definition) is 5. The van der Waals surface area contributed by atoms with Gasteiger partial charge in [0, 0.05) is 27.0 Å². The maximum Gasteiger partial charge on any atom is 0.261 e. The zero-order valence-electron chi connectivity index (χ0n) is 18.9. The molecule has 0 bridgehead atoms. The number of carbonyl (C=O) groups is 1. The number of nitrogens with one attached hydrogen (secondary N) is 3. The molecule has 0 atom stereocenters. The number of hydrogen-bond donors (Lipinski definition) is 3. The van der Waals surface area contributed by atoms with Crippen LogP contribution in [0.3, 0.4) is 0 Å². The molecule has 190 valence electrons. The van der Waals surface area contributed by atoms with E-state index in [1.807, 2.05) is 0 Å². The second kappa shape index (κ2) is 10.8. The number of sulfonamides is 2. The maximum atomic E-state index is 12.7. The average molecular weight is 576 g/mol. The molecule has 0 aromatic heterocycles. The first-order valence-corrected chi connectivity index (χ1v) is 14.3. The van der Waals surface area contributed by atoms with E-state index in [-0.39, 0.29) is 36.8 Å². The molecule has 4 aromatic carbocycles. The Kier molecular flexibility index (Phi) is 7.74. The first-order valence-electron chi connectivity index (χ1n) is 10.6. The van der Waals surface area contributed by atoms with Gasteiger partial charge in [0.05, 0.1) is 15.5 Å². The predicted octanol–water partition coefficient (Wildman–Crippen LogP) is 5.85. The summed E-state index contributed by atoms with van der Waals surface area (Å²) in [6, 6.07) is 23.7. The third-order valence-corrected chi connectivity index (χ3v) is 8.20. The Bertz CT molecular complexity index is 1640. The first-order chi connectivity index (χ1) is 17.5. The number of anilines is 3. The molecule has 0 saturated carbocycles. The molecule has 12 heteroatoms. The molecule has 0 radical (unpaired) electrons. The van der Waals surface area contributed by atoms with Gasteiger partial charge in [-0.25, -0.2) is 16.8 Å². The average Bonchev–Trinajstić information content (AvgIpc) is 2.84. The Morgan fingerprint density at radius 1 is 0.568 bits per heavy atom. The molecule has 4 aromatic rings. The Hall–Kier alpha value is -3.57. The molecule has 0 unspecified atom stereocenters. The Balaban J connectivity index is 1.45. The number of rotatable bonds is 8. The second-order valence-electron chi connectivity index (χ2n) is 7.74. The van der Waals surface area contributed by atoms with Crippen LogP contribution in [0.15, 0.2) is 107 Å². The van der Waals surface area contributed by atoms with Crippen molar-refractivity contribution < 1.29 is 21.6 Å². The van der Waals surface area contributed by atoms with Gasteiger partial charge < -0.3 is 5.32 Å². The van der Waals surface area contributed by atoms with Gasteiger partial charge in [0.25, 0.3) is 26.0 Å². The molecule has 0 fully saturated rings. The Labute approximate surface area is 224 Å². The van der Waals surface area contributed by atoms with E-state index in [0.717, 1.165) is 0 Å². The highest BCUT2D eigenvalue weighted by atomic mass is 35.5. The van der Waals surface area contributed by atoms with Gasteiger partial charge in [-0.2, -0.15) is 0 Å². The maximum absolute atomic E-state index is 12.7. The lowest BCUT2D eigenvalue weighted by atomic mass is 10.2. The summed E-state index contributed by atoms with van der Waals surface area (Å²) in [5.74, 6) is -0.511. The van der Waals surface area contributed by atoms with Crippen LogP contribution < -0.4 is 14.8 Å². The second-order valence-corrected chi connectivity index (χ2v) is 12.0. The summed E-state index contributed by atoms with van der Waals surface area (Å²) in [5.41, 5.74) is 0.956. The molecular weight excluding hydrogens is 557 g/mol. The van der Waals surface area contributed by atoms with Gasteiger partial charge in [0.1, 0.15) is 0 Å². The van der Waals surface area contributed by atoms with E-state index in [4.69, 9.17) is 23.2 Å². The number of carbonyl (C=O) groups excluding carboxylic acids is 1. The van der Waals surface area contributed by atoms with E-state index in [0.29, 0.717) is 5.69 Å². The molecule has 1 amide bonds. The van der Waals surface area contributed by atoms with Crippen LogP contribution in [0.25, 0.3) is 0 Å². The van der Waals surface area contributed by atoms with Crippen molar-refractivity contribution in [3.8, 4) is 0 Å². The Morgan fingerprint density at radius 2 is 1.14 bits per heavy atom. The van der Waals surface area contributed by atoms with Crippen LogP contribution in [-0.2, 0) is 20.0 Å². The predicted molar refractivity (Wildman–Crippen MR) is 145 cm³/mol. The highest BCUT2D eigenvalue weighted by Gasteiger charge is 2.17. The van der Waals surface area contributed by atoms with E-state index in [9.17, 15) is 21.6 Å². The third kappa shape index (κ3) is 6.80. The van der Waals surface area contributed by atoms with Crippen LogP contribution in [0.5, 0.6) is 0 Å². The van der Waals surface area contributed by atoms with Crippen molar-refractivity contribution in [2.75, 3.05) is 14.8 Å². The summed E-state index contributed by atoms with van der Waals surface area (Å²) in [7, 11) is -7.76. The molecule has 37 heavy (non-hydrogen) atoms. The van der Waals surface area contributed by atoms with E-state index in [1.54, 1.807) is 24.3 Å². The van der Waals surface area contributed by atoms with Gasteiger partial charge in [0.2, 0.25) is 0 Å². The van der Waals surface area contributed by atoms with Crippen molar-refractivity contribution in [1.29, 1.82) is 0 Å². The fourth-order valence-electron chi connectivity index (χ4n) is 3.29. The summed E-state index contributed by atoms with van der Waals surface area (Å²) < 4.78 is 55.3. The van der Waals surface area contributed by atoms with Crippen molar-refractivity contribution in [1.82, 2.24) is 0 Å². The highest BCUT2D eigenvalue weighted by Crippen LogP contribution is 2.25. The van der Waals surface area contributed by atoms with Gasteiger partial charge >= 0.3 is 0 Å². The van der Waals surface area contributed by atoms with E-state index < -0.39 is 26.0 Å². The summed E-state index contributed by atoms with van der Waals surface area (Å²) in [6.07, 6.45) is 0. The van der Waals surface area contributed by atoms with Crippen LogP contribution in [0.2, 0.25) is 10.0 Å². The number of halogens is 2. The molecule has 0 aliphatic heterocycles. The van der Waals surface area contributed by atoms with E-state index >= 15 is 0 Å².